The summed E-state index contributed by atoms with van der Waals surface area (Å²) in [6.07, 6.45) is 3.38. The van der Waals surface area contributed by atoms with Crippen LogP contribution in [0.3, 0.4) is 0 Å². The van der Waals surface area contributed by atoms with Gasteiger partial charge in [-0.2, -0.15) is 0 Å². The third-order valence-electron chi connectivity index (χ3n) is 9.79. The molecule has 0 aliphatic carbocycles. The summed E-state index contributed by atoms with van der Waals surface area (Å²) < 4.78 is 33.7. The topological polar surface area (TPSA) is 174 Å². The molecule has 2 heterocycles. The van der Waals surface area contributed by atoms with Crippen LogP contribution in [0.1, 0.15) is 11.1 Å². The Kier molecular flexibility index (Phi) is 13.3. The predicted octanol–water partition coefficient (Wildman–Crippen LogP) is 10.8. The largest absolute Gasteiger partial charge is 0.493 e. The molecule has 0 aliphatic heterocycles. The van der Waals surface area contributed by atoms with Crippen LogP contribution >= 0.6 is 0 Å². The second-order valence-corrected chi connectivity index (χ2v) is 13.6. The number of nitrogen functional groups attached to an aromatic ring is 1. The van der Waals surface area contributed by atoms with Crippen molar-refractivity contribution >= 4 is 44.6 Å². The molecule has 314 valence electrons. The Labute approximate surface area is 357 Å². The van der Waals surface area contributed by atoms with Crippen LogP contribution in [0.4, 0.5) is 22.7 Å². The van der Waals surface area contributed by atoms with Gasteiger partial charge in [-0.25, -0.2) is 0 Å². The van der Waals surface area contributed by atoms with Gasteiger partial charge in [-0.3, -0.25) is 20.1 Å². The van der Waals surface area contributed by atoms with Crippen LogP contribution in [-0.2, 0) is 13.1 Å². The maximum atomic E-state index is 11.2. The summed E-state index contributed by atoms with van der Waals surface area (Å²) in [6, 6.07) is 40.6. The molecule has 0 unspecified atom stereocenters. The molecule has 14 nitrogen and oxygen atoms in total. The van der Waals surface area contributed by atoms with Gasteiger partial charge in [0, 0.05) is 77.1 Å². The Balaban J connectivity index is 0.000000187. The first-order valence-electron chi connectivity index (χ1n) is 19.4. The van der Waals surface area contributed by atoms with Gasteiger partial charge >= 0.3 is 0 Å². The first-order chi connectivity index (χ1) is 30.3. The highest BCUT2D eigenvalue weighted by molar-refractivity contribution is 5.89. The SMILES string of the molecule is COc1cc2nccc(Oc3ccc(NCc4ccccc4N)cc3)c2cc1OC.COc1cc2nccc(Oc3ccc(NCc4ccccc4[N+](=O)[O-])cc3)c2cc1OC. The van der Waals surface area contributed by atoms with Crippen molar-refractivity contribution in [2.75, 3.05) is 44.8 Å². The van der Waals surface area contributed by atoms with E-state index in [2.05, 4.69) is 20.6 Å². The first-order valence-corrected chi connectivity index (χ1v) is 19.4. The number of para-hydroxylation sites is 2. The molecule has 0 amide bonds. The minimum Gasteiger partial charge on any atom is -0.493 e. The number of fused-ring (bicyclic) bond motifs is 2. The van der Waals surface area contributed by atoms with E-state index in [1.807, 2.05) is 97.1 Å². The number of anilines is 3. The minimum atomic E-state index is -0.377. The number of nitrogens with zero attached hydrogens (tertiary/aromatic N) is 3. The maximum Gasteiger partial charge on any atom is 0.274 e. The van der Waals surface area contributed by atoms with Crippen molar-refractivity contribution < 1.29 is 33.3 Å². The van der Waals surface area contributed by atoms with Gasteiger partial charge < -0.3 is 44.8 Å². The van der Waals surface area contributed by atoms with Crippen molar-refractivity contribution in [2.24, 2.45) is 0 Å². The van der Waals surface area contributed by atoms with Crippen LogP contribution in [0.25, 0.3) is 21.8 Å². The summed E-state index contributed by atoms with van der Waals surface area (Å²) in [5, 5.41) is 19.4. The van der Waals surface area contributed by atoms with Gasteiger partial charge in [0.15, 0.2) is 23.0 Å². The van der Waals surface area contributed by atoms with Crippen LogP contribution in [0, 0.1) is 10.1 Å². The fourth-order valence-corrected chi connectivity index (χ4v) is 6.54. The summed E-state index contributed by atoms with van der Waals surface area (Å²) >= 11 is 0. The van der Waals surface area contributed by atoms with Gasteiger partial charge in [0.05, 0.1) is 44.4 Å². The summed E-state index contributed by atoms with van der Waals surface area (Å²) in [5.41, 5.74) is 11.8. The molecule has 0 radical (unpaired) electrons. The van der Waals surface area contributed by atoms with Gasteiger partial charge in [0.25, 0.3) is 5.69 Å². The van der Waals surface area contributed by atoms with E-state index < -0.39 is 0 Å². The zero-order valence-electron chi connectivity index (χ0n) is 34.5. The lowest BCUT2D eigenvalue weighted by Crippen LogP contribution is -2.02. The number of nitro benzene ring substituents is 1. The van der Waals surface area contributed by atoms with Gasteiger partial charge in [-0.05, 0) is 84.4 Å². The van der Waals surface area contributed by atoms with E-state index in [-0.39, 0.29) is 10.6 Å². The van der Waals surface area contributed by atoms with E-state index >= 15 is 0 Å². The number of nitrogens with one attached hydrogen (secondary N) is 2. The zero-order valence-corrected chi connectivity index (χ0v) is 34.5. The fourth-order valence-electron chi connectivity index (χ4n) is 6.54. The number of rotatable bonds is 15. The number of ether oxygens (including phenoxy) is 6. The Morgan fingerprint density at radius 2 is 0.952 bits per heavy atom. The van der Waals surface area contributed by atoms with E-state index in [0.29, 0.717) is 58.9 Å². The number of pyridine rings is 2. The van der Waals surface area contributed by atoms with Crippen LogP contribution in [-0.4, -0.2) is 43.3 Å². The Morgan fingerprint density at radius 3 is 1.40 bits per heavy atom. The molecule has 8 rings (SSSR count). The predicted molar refractivity (Wildman–Crippen MR) is 241 cm³/mol. The van der Waals surface area contributed by atoms with Crippen LogP contribution in [0.5, 0.6) is 46.0 Å². The minimum absolute atomic E-state index is 0.0941. The lowest BCUT2D eigenvalue weighted by Gasteiger charge is -2.13. The molecule has 0 aliphatic rings. The fraction of sp³-hybridized carbons (Fsp3) is 0.125. The maximum absolute atomic E-state index is 11.2. The van der Waals surface area contributed by atoms with Crippen molar-refractivity contribution in [1.82, 2.24) is 9.97 Å². The highest BCUT2D eigenvalue weighted by Gasteiger charge is 2.14. The number of hydrogen-bond donors (Lipinski definition) is 3. The van der Waals surface area contributed by atoms with Crippen molar-refractivity contribution in [3.63, 3.8) is 0 Å². The average molecular weight is 833 g/mol. The molecule has 0 fully saturated rings. The van der Waals surface area contributed by atoms with Gasteiger partial charge in [0.2, 0.25) is 0 Å². The van der Waals surface area contributed by atoms with E-state index in [1.54, 1.807) is 71.2 Å². The van der Waals surface area contributed by atoms with Gasteiger partial charge in [-0.15, -0.1) is 0 Å². The van der Waals surface area contributed by atoms with E-state index in [0.717, 1.165) is 50.2 Å². The highest BCUT2D eigenvalue weighted by Crippen LogP contribution is 2.38. The molecule has 62 heavy (non-hydrogen) atoms. The number of methoxy groups -OCH3 is 4. The van der Waals surface area contributed by atoms with Gasteiger partial charge in [-0.1, -0.05) is 36.4 Å². The van der Waals surface area contributed by atoms with Crippen LogP contribution in [0.15, 0.2) is 146 Å². The number of nitro groups is 1. The van der Waals surface area contributed by atoms with Crippen molar-refractivity contribution in [1.29, 1.82) is 0 Å². The number of benzene rings is 6. The lowest BCUT2D eigenvalue weighted by molar-refractivity contribution is -0.385. The van der Waals surface area contributed by atoms with Crippen molar-refractivity contribution in [2.45, 2.75) is 13.1 Å². The number of nitrogens with two attached hydrogens (primary N) is 1. The summed E-state index contributed by atoms with van der Waals surface area (Å²) in [5.74, 6) is 5.14. The summed E-state index contributed by atoms with van der Waals surface area (Å²) in [4.78, 5) is 19.6. The molecule has 8 aromatic rings. The quantitative estimate of drug-likeness (QED) is 0.0506. The zero-order chi connectivity index (χ0) is 43.4. The number of hydrogen-bond acceptors (Lipinski definition) is 13. The number of aromatic nitrogens is 2. The van der Waals surface area contributed by atoms with Crippen molar-refractivity contribution in [3.8, 4) is 46.0 Å². The van der Waals surface area contributed by atoms with E-state index in [4.69, 9.17) is 34.2 Å². The molecule has 0 atom stereocenters. The normalized spacial score (nSPS) is 10.6. The molecular formula is C48H44N6O8. The Bertz CT molecular complexity index is 2800. The monoisotopic (exact) mass is 832 g/mol. The van der Waals surface area contributed by atoms with Crippen LogP contribution < -0.4 is 44.8 Å². The standard InChI is InChI=1S/C24H21N3O5.C24H23N3O3/c1-30-23-13-19-20(14-24(23)31-2)25-12-11-22(19)32-18-9-7-17(8-10-18)26-15-16-5-3-4-6-21(16)27(28)29;1-28-23-13-19-21(14-24(23)29-2)26-12-11-22(19)30-18-9-7-17(8-10-18)27-15-16-5-3-4-6-20(16)25/h3-14,26H,15H2,1-2H3;3-14,27H,15,25H2,1-2H3. The second kappa shape index (κ2) is 19.7. The van der Waals surface area contributed by atoms with Crippen LogP contribution in [0.2, 0.25) is 0 Å². The third kappa shape index (κ3) is 9.94. The van der Waals surface area contributed by atoms with Crippen molar-refractivity contribution in [3.05, 3.63) is 167 Å². The Morgan fingerprint density at radius 1 is 0.532 bits per heavy atom. The smallest absolute Gasteiger partial charge is 0.274 e. The molecule has 0 saturated heterocycles. The third-order valence-corrected chi connectivity index (χ3v) is 9.79. The molecule has 0 spiro atoms. The van der Waals surface area contributed by atoms with E-state index in [1.165, 1.54) is 6.07 Å². The first kappa shape index (κ1) is 41.9. The molecule has 2 aromatic heterocycles. The van der Waals surface area contributed by atoms with Gasteiger partial charge in [0.1, 0.15) is 23.0 Å². The molecule has 6 aromatic carbocycles. The molecule has 0 saturated carbocycles. The summed E-state index contributed by atoms with van der Waals surface area (Å²) in [6.45, 7) is 0.997. The average Bonchev–Trinajstić information content (AvgIpc) is 3.31. The second-order valence-electron chi connectivity index (χ2n) is 13.6. The Hall–Kier alpha value is -8.26. The lowest BCUT2D eigenvalue weighted by atomic mass is 10.1. The molecule has 14 heteroatoms. The molecular weight excluding hydrogens is 789 g/mol. The summed E-state index contributed by atoms with van der Waals surface area (Å²) in [7, 11) is 6.37. The molecule has 0 bridgehead atoms. The highest BCUT2D eigenvalue weighted by atomic mass is 16.6. The molecule has 4 N–H and O–H groups in total. The van der Waals surface area contributed by atoms with E-state index in [9.17, 15) is 10.1 Å².